The van der Waals surface area contributed by atoms with Crippen molar-refractivity contribution in [3.63, 3.8) is 0 Å². The summed E-state index contributed by atoms with van der Waals surface area (Å²) in [5.74, 6) is 0.727. The first-order chi connectivity index (χ1) is 5.18. The molecule has 0 bridgehead atoms. The zero-order valence-corrected chi connectivity index (χ0v) is 8.91. The van der Waals surface area contributed by atoms with Crippen molar-refractivity contribution in [3.8, 4) is 0 Å². The molecule has 68 valence electrons. The molecule has 1 unspecified atom stereocenters. The molecule has 0 heterocycles. The van der Waals surface area contributed by atoms with E-state index >= 15 is 0 Å². The highest BCUT2D eigenvalue weighted by Gasteiger charge is 1.99. The fourth-order valence-electron chi connectivity index (χ4n) is 0.757. The third-order valence-electron chi connectivity index (χ3n) is 1.83. The molecule has 1 atom stereocenters. The zero-order valence-electron chi connectivity index (χ0n) is 8.91. The Morgan fingerprint density at radius 3 is 2.09 bits per heavy atom. The second kappa shape index (κ2) is 9.74. The molecule has 11 heavy (non-hydrogen) atoms. The zero-order chi connectivity index (χ0) is 9.28. The molecule has 0 aliphatic heterocycles. The fourth-order valence-corrected chi connectivity index (χ4v) is 0.757. The maximum absolute atomic E-state index is 3.91. The van der Waals surface area contributed by atoms with Crippen LogP contribution in [-0.4, -0.2) is 0 Å². The molecule has 0 amide bonds. The smallest absolute Gasteiger partial charge is 0.0237 e. The maximum Gasteiger partial charge on any atom is -0.0237 e. The van der Waals surface area contributed by atoms with Crippen LogP contribution < -0.4 is 0 Å². The summed E-state index contributed by atoms with van der Waals surface area (Å²) in [7, 11) is 0. The average Bonchev–Trinajstić information content (AvgIpc) is 2.03. The number of unbranched alkanes of at least 4 members (excludes halogenated alkanes) is 1. The maximum atomic E-state index is 3.91. The van der Waals surface area contributed by atoms with Crippen molar-refractivity contribution >= 4 is 0 Å². The summed E-state index contributed by atoms with van der Waals surface area (Å²) in [5, 5.41) is 0. The van der Waals surface area contributed by atoms with Crippen molar-refractivity contribution in [2.45, 2.75) is 53.9 Å². The van der Waals surface area contributed by atoms with E-state index in [0.29, 0.717) is 0 Å². The minimum atomic E-state index is 0.727. The van der Waals surface area contributed by atoms with Crippen molar-refractivity contribution in [2.75, 3.05) is 0 Å². The molecule has 0 aromatic carbocycles. The van der Waals surface area contributed by atoms with Gasteiger partial charge in [-0.05, 0) is 19.3 Å². The highest BCUT2D eigenvalue weighted by Crippen LogP contribution is 2.14. The number of allylic oxidation sites excluding steroid dienone is 1. The highest BCUT2D eigenvalue weighted by atomic mass is 14.0. The van der Waals surface area contributed by atoms with Gasteiger partial charge in [-0.1, -0.05) is 52.7 Å². The van der Waals surface area contributed by atoms with Crippen LogP contribution in [0.5, 0.6) is 0 Å². The van der Waals surface area contributed by atoms with E-state index in [2.05, 4.69) is 27.4 Å². The summed E-state index contributed by atoms with van der Waals surface area (Å²) in [6, 6.07) is 0. The van der Waals surface area contributed by atoms with Gasteiger partial charge in [0.05, 0.1) is 0 Å². The van der Waals surface area contributed by atoms with E-state index in [-0.39, 0.29) is 0 Å². The summed E-state index contributed by atoms with van der Waals surface area (Å²) in [5.41, 5.74) is 1.32. The predicted octanol–water partition coefficient (Wildman–Crippen LogP) is 4.42. The number of hydrogen-bond donors (Lipinski definition) is 0. The SMILES string of the molecule is C=C(C)C(C)CCCC.CC. The molecule has 0 aliphatic rings. The molecule has 0 N–H and O–H groups in total. The third kappa shape index (κ3) is 9.74. The summed E-state index contributed by atoms with van der Waals surface area (Å²) < 4.78 is 0. The van der Waals surface area contributed by atoms with Gasteiger partial charge in [-0.25, -0.2) is 0 Å². The van der Waals surface area contributed by atoms with Gasteiger partial charge in [0.1, 0.15) is 0 Å². The minimum Gasteiger partial charge on any atom is -0.0999 e. The second-order valence-corrected chi connectivity index (χ2v) is 2.89. The quantitative estimate of drug-likeness (QED) is 0.529. The Bertz CT molecular complexity index is 82.0. The molecule has 0 saturated carbocycles. The summed E-state index contributed by atoms with van der Waals surface area (Å²) in [4.78, 5) is 0. The largest absolute Gasteiger partial charge is 0.0999 e. The lowest BCUT2D eigenvalue weighted by Gasteiger charge is -2.08. The van der Waals surface area contributed by atoms with Gasteiger partial charge in [0.15, 0.2) is 0 Å². The molecule has 0 spiro atoms. The van der Waals surface area contributed by atoms with Crippen LogP contribution >= 0.6 is 0 Å². The van der Waals surface area contributed by atoms with Crippen molar-refractivity contribution in [1.82, 2.24) is 0 Å². The van der Waals surface area contributed by atoms with Crippen LogP contribution in [0.15, 0.2) is 12.2 Å². The molecule has 0 aromatic rings. The Kier molecular flexibility index (Phi) is 11.8. The van der Waals surface area contributed by atoms with Gasteiger partial charge in [0.25, 0.3) is 0 Å². The third-order valence-corrected chi connectivity index (χ3v) is 1.83. The molecule has 0 radical (unpaired) electrons. The topological polar surface area (TPSA) is 0 Å². The first-order valence-electron chi connectivity index (χ1n) is 4.83. The fraction of sp³-hybridized carbons (Fsp3) is 0.818. The van der Waals surface area contributed by atoms with Crippen LogP contribution in [0.2, 0.25) is 0 Å². The van der Waals surface area contributed by atoms with Gasteiger partial charge in [0.2, 0.25) is 0 Å². The monoisotopic (exact) mass is 156 g/mol. The van der Waals surface area contributed by atoms with Crippen molar-refractivity contribution < 1.29 is 0 Å². The van der Waals surface area contributed by atoms with Crippen LogP contribution in [0.3, 0.4) is 0 Å². The molecule has 0 fully saturated rings. The van der Waals surface area contributed by atoms with Crippen LogP contribution in [-0.2, 0) is 0 Å². The first-order valence-corrected chi connectivity index (χ1v) is 4.83. The van der Waals surface area contributed by atoms with Crippen LogP contribution in [0.1, 0.15) is 53.9 Å². The van der Waals surface area contributed by atoms with E-state index in [1.165, 1.54) is 24.8 Å². The Labute approximate surface area is 72.7 Å². The van der Waals surface area contributed by atoms with E-state index < -0.39 is 0 Å². The van der Waals surface area contributed by atoms with E-state index in [1.54, 1.807) is 0 Å². The predicted molar refractivity (Wildman–Crippen MR) is 54.9 cm³/mol. The van der Waals surface area contributed by atoms with Crippen molar-refractivity contribution in [3.05, 3.63) is 12.2 Å². The van der Waals surface area contributed by atoms with Crippen LogP contribution in [0.25, 0.3) is 0 Å². The average molecular weight is 156 g/mol. The van der Waals surface area contributed by atoms with E-state index in [0.717, 1.165) is 5.92 Å². The lowest BCUT2D eigenvalue weighted by atomic mass is 9.98. The van der Waals surface area contributed by atoms with Crippen LogP contribution in [0, 0.1) is 5.92 Å². The van der Waals surface area contributed by atoms with E-state index in [1.807, 2.05) is 13.8 Å². The van der Waals surface area contributed by atoms with Gasteiger partial charge in [-0.3, -0.25) is 0 Å². The lowest BCUT2D eigenvalue weighted by molar-refractivity contribution is 0.573. The van der Waals surface area contributed by atoms with Crippen molar-refractivity contribution in [2.24, 2.45) is 5.92 Å². The molecule has 0 aliphatic carbocycles. The summed E-state index contributed by atoms with van der Waals surface area (Å²) in [6.07, 6.45) is 3.96. The van der Waals surface area contributed by atoms with Crippen molar-refractivity contribution in [1.29, 1.82) is 0 Å². The Balaban J connectivity index is 0. The standard InChI is InChI=1S/C9H18.C2H6/c1-5-6-7-9(4)8(2)3;1-2/h9H,2,5-7H2,1,3-4H3;1-2H3. The van der Waals surface area contributed by atoms with E-state index in [9.17, 15) is 0 Å². The Morgan fingerprint density at radius 2 is 1.82 bits per heavy atom. The summed E-state index contributed by atoms with van der Waals surface area (Å²) in [6.45, 7) is 14.5. The van der Waals surface area contributed by atoms with Gasteiger partial charge in [0, 0.05) is 0 Å². The first kappa shape index (κ1) is 13.3. The minimum absolute atomic E-state index is 0.727. The molecule has 0 rings (SSSR count). The van der Waals surface area contributed by atoms with E-state index in [4.69, 9.17) is 0 Å². The molecular weight excluding hydrogens is 132 g/mol. The molecule has 0 aromatic heterocycles. The van der Waals surface area contributed by atoms with Crippen LogP contribution in [0.4, 0.5) is 0 Å². The number of rotatable bonds is 4. The summed E-state index contributed by atoms with van der Waals surface area (Å²) >= 11 is 0. The highest BCUT2D eigenvalue weighted by molar-refractivity contribution is 4.93. The second-order valence-electron chi connectivity index (χ2n) is 2.89. The van der Waals surface area contributed by atoms with Gasteiger partial charge < -0.3 is 0 Å². The number of hydrogen-bond acceptors (Lipinski definition) is 0. The molecule has 0 heteroatoms. The van der Waals surface area contributed by atoms with Gasteiger partial charge in [-0.15, -0.1) is 0 Å². The Hall–Kier alpha value is -0.260. The Morgan fingerprint density at radius 1 is 1.36 bits per heavy atom. The molecule has 0 saturated heterocycles. The lowest BCUT2D eigenvalue weighted by Crippen LogP contribution is -1.93. The van der Waals surface area contributed by atoms with Gasteiger partial charge >= 0.3 is 0 Å². The van der Waals surface area contributed by atoms with Gasteiger partial charge in [-0.2, -0.15) is 0 Å². The molecule has 0 nitrogen and oxygen atoms in total. The normalized spacial score (nSPS) is 11.4. The molecular formula is C11H24.